The van der Waals surface area contributed by atoms with Crippen molar-refractivity contribution >= 4 is 23.1 Å². The number of anilines is 1. The maximum absolute atomic E-state index is 12.4. The van der Waals surface area contributed by atoms with Gasteiger partial charge in [0.1, 0.15) is 0 Å². The van der Waals surface area contributed by atoms with Gasteiger partial charge in [-0.3, -0.25) is 9.89 Å². The Morgan fingerprint density at radius 3 is 2.92 bits per heavy atom. The number of carbonyl (C=O) groups excluding carboxylic acids is 1. The normalized spacial score (nSPS) is 10.6. The molecule has 1 amide bonds. The monoisotopic (exact) mass is 342 g/mol. The van der Waals surface area contributed by atoms with Gasteiger partial charge in [0, 0.05) is 16.6 Å². The van der Waals surface area contributed by atoms with E-state index in [1.54, 1.807) is 30.6 Å². The lowest BCUT2D eigenvalue weighted by molar-refractivity contribution is -0.115. The first-order valence-electron chi connectivity index (χ1n) is 7.62. The molecule has 2 N–H and O–H groups in total. The lowest BCUT2D eigenvalue weighted by Gasteiger charge is -2.06. The number of rotatable bonds is 6. The molecule has 3 heterocycles. The molecular weight excluding hydrogens is 324 g/mol. The second-order valence-corrected chi connectivity index (χ2v) is 6.10. The maximum atomic E-state index is 12.4. The van der Waals surface area contributed by atoms with Gasteiger partial charge in [0.2, 0.25) is 11.8 Å². The number of aryl methyl sites for hydroxylation is 1. The van der Waals surface area contributed by atoms with Crippen LogP contribution in [0.15, 0.2) is 35.7 Å². The first-order valence-corrected chi connectivity index (χ1v) is 8.50. The minimum atomic E-state index is -0.164. The number of aromatic nitrogens is 3. The van der Waals surface area contributed by atoms with E-state index in [4.69, 9.17) is 4.74 Å². The number of carbonyl (C=O) groups is 1. The minimum Gasteiger partial charge on any atom is -0.481 e. The number of nitrogens with one attached hydrogen (secondary N) is 2. The van der Waals surface area contributed by atoms with Crippen molar-refractivity contribution in [3.8, 4) is 16.3 Å². The molecule has 0 aliphatic rings. The van der Waals surface area contributed by atoms with Crippen molar-refractivity contribution in [3.63, 3.8) is 0 Å². The number of amides is 1. The predicted octanol–water partition coefficient (Wildman–Crippen LogP) is 3.29. The fourth-order valence-electron chi connectivity index (χ4n) is 2.42. The van der Waals surface area contributed by atoms with Gasteiger partial charge < -0.3 is 10.1 Å². The van der Waals surface area contributed by atoms with Gasteiger partial charge in [0.05, 0.1) is 24.8 Å². The highest BCUT2D eigenvalue weighted by Crippen LogP contribution is 2.33. The molecule has 0 aliphatic heterocycles. The Kier molecular flexibility index (Phi) is 4.90. The van der Waals surface area contributed by atoms with E-state index < -0.39 is 0 Å². The standard InChI is InChI=1S/C17H18N4O2S/c1-3-12-16(13-7-5-9-24-13)17(21-20-12)19-14(22)10-11-6-4-8-15(18-11)23-2/h4-9H,3,10H2,1-2H3,(H2,19,20,21,22). The first-order chi connectivity index (χ1) is 11.7. The Morgan fingerprint density at radius 2 is 2.21 bits per heavy atom. The molecule has 124 valence electrons. The molecule has 6 nitrogen and oxygen atoms in total. The zero-order valence-electron chi connectivity index (χ0n) is 13.5. The van der Waals surface area contributed by atoms with Crippen LogP contribution in [0.1, 0.15) is 18.3 Å². The Hall–Kier alpha value is -2.67. The zero-order valence-corrected chi connectivity index (χ0v) is 14.3. The van der Waals surface area contributed by atoms with Crippen molar-refractivity contribution in [3.05, 3.63) is 47.1 Å². The molecule has 0 aliphatic carbocycles. The van der Waals surface area contributed by atoms with Crippen molar-refractivity contribution in [2.75, 3.05) is 12.4 Å². The third-order valence-corrected chi connectivity index (χ3v) is 4.44. The van der Waals surface area contributed by atoms with Crippen molar-refractivity contribution in [1.29, 1.82) is 0 Å². The van der Waals surface area contributed by atoms with Crippen LogP contribution in [-0.2, 0) is 17.6 Å². The van der Waals surface area contributed by atoms with Crippen LogP contribution in [0.4, 0.5) is 5.82 Å². The van der Waals surface area contributed by atoms with Crippen LogP contribution in [-0.4, -0.2) is 28.2 Å². The summed E-state index contributed by atoms with van der Waals surface area (Å²) in [5, 5.41) is 12.2. The molecular formula is C17H18N4O2S. The molecule has 7 heteroatoms. The number of nitrogens with zero attached hydrogens (tertiary/aromatic N) is 2. The second-order valence-electron chi connectivity index (χ2n) is 5.15. The summed E-state index contributed by atoms with van der Waals surface area (Å²) in [6, 6.07) is 9.36. The minimum absolute atomic E-state index is 0.162. The van der Waals surface area contributed by atoms with Crippen molar-refractivity contribution in [2.45, 2.75) is 19.8 Å². The quantitative estimate of drug-likeness (QED) is 0.720. The summed E-state index contributed by atoms with van der Waals surface area (Å²) in [5.74, 6) is 0.887. The van der Waals surface area contributed by atoms with Crippen LogP contribution in [0.5, 0.6) is 5.88 Å². The predicted molar refractivity (Wildman–Crippen MR) is 94.4 cm³/mol. The average Bonchev–Trinajstić information content (AvgIpc) is 3.23. The van der Waals surface area contributed by atoms with Crippen LogP contribution in [0, 0.1) is 0 Å². The van der Waals surface area contributed by atoms with Gasteiger partial charge in [-0.05, 0) is 23.9 Å². The molecule has 3 aromatic heterocycles. The van der Waals surface area contributed by atoms with Gasteiger partial charge in [0.15, 0.2) is 5.82 Å². The Labute approximate surface area is 143 Å². The van der Waals surface area contributed by atoms with E-state index in [0.717, 1.165) is 22.6 Å². The Morgan fingerprint density at radius 1 is 1.33 bits per heavy atom. The summed E-state index contributed by atoms with van der Waals surface area (Å²) in [6.07, 6.45) is 0.975. The molecule has 24 heavy (non-hydrogen) atoms. The summed E-state index contributed by atoms with van der Waals surface area (Å²) >= 11 is 1.62. The third kappa shape index (κ3) is 3.46. The molecule has 0 saturated heterocycles. The van der Waals surface area contributed by atoms with Crippen molar-refractivity contribution in [1.82, 2.24) is 15.2 Å². The molecule has 0 atom stereocenters. The van der Waals surface area contributed by atoms with E-state index >= 15 is 0 Å². The second kappa shape index (κ2) is 7.27. The average molecular weight is 342 g/mol. The summed E-state index contributed by atoms with van der Waals surface area (Å²) in [5.41, 5.74) is 2.61. The van der Waals surface area contributed by atoms with Crippen LogP contribution in [0.3, 0.4) is 0 Å². The molecule has 0 spiro atoms. The highest BCUT2D eigenvalue weighted by Gasteiger charge is 2.17. The number of methoxy groups -OCH3 is 1. The number of aromatic amines is 1. The molecule has 0 aromatic carbocycles. The fourth-order valence-corrected chi connectivity index (χ4v) is 3.22. The van der Waals surface area contributed by atoms with Crippen LogP contribution < -0.4 is 10.1 Å². The third-order valence-electron chi connectivity index (χ3n) is 3.55. The van der Waals surface area contributed by atoms with Gasteiger partial charge >= 0.3 is 0 Å². The van der Waals surface area contributed by atoms with Gasteiger partial charge in [-0.25, -0.2) is 4.98 Å². The van der Waals surface area contributed by atoms with E-state index in [1.807, 2.05) is 23.6 Å². The molecule has 3 aromatic rings. The Balaban J connectivity index is 1.78. The highest BCUT2D eigenvalue weighted by atomic mass is 32.1. The number of ether oxygens (including phenoxy) is 1. The zero-order chi connectivity index (χ0) is 16.9. The molecule has 0 bridgehead atoms. The van der Waals surface area contributed by atoms with Gasteiger partial charge in [0.25, 0.3) is 0 Å². The van der Waals surface area contributed by atoms with Crippen LogP contribution in [0.25, 0.3) is 10.4 Å². The van der Waals surface area contributed by atoms with Crippen molar-refractivity contribution in [2.24, 2.45) is 0 Å². The van der Waals surface area contributed by atoms with E-state index in [1.165, 1.54) is 0 Å². The highest BCUT2D eigenvalue weighted by molar-refractivity contribution is 7.13. The molecule has 3 rings (SSSR count). The summed E-state index contributed by atoms with van der Waals surface area (Å²) in [4.78, 5) is 17.7. The first kappa shape index (κ1) is 16.2. The molecule has 0 saturated carbocycles. The van der Waals surface area contributed by atoms with Crippen molar-refractivity contribution < 1.29 is 9.53 Å². The number of H-pyrrole nitrogens is 1. The topological polar surface area (TPSA) is 79.9 Å². The Bertz CT molecular complexity index is 827. The van der Waals surface area contributed by atoms with E-state index in [0.29, 0.717) is 17.4 Å². The van der Waals surface area contributed by atoms with E-state index in [-0.39, 0.29) is 12.3 Å². The summed E-state index contributed by atoms with van der Waals surface area (Å²) in [7, 11) is 1.55. The number of hydrogen-bond acceptors (Lipinski definition) is 5. The fraction of sp³-hybridized carbons (Fsp3) is 0.235. The largest absolute Gasteiger partial charge is 0.481 e. The van der Waals surface area contributed by atoms with Gasteiger partial charge in [-0.1, -0.05) is 19.1 Å². The number of hydrogen-bond donors (Lipinski definition) is 2. The lowest BCUT2D eigenvalue weighted by atomic mass is 10.1. The SMILES string of the molecule is CCc1[nH]nc(NC(=O)Cc2cccc(OC)n2)c1-c1cccs1. The lowest BCUT2D eigenvalue weighted by Crippen LogP contribution is -2.16. The summed E-state index contributed by atoms with van der Waals surface area (Å²) < 4.78 is 5.08. The number of pyridine rings is 1. The van der Waals surface area contributed by atoms with E-state index in [9.17, 15) is 4.79 Å². The summed E-state index contributed by atoms with van der Waals surface area (Å²) in [6.45, 7) is 2.05. The van der Waals surface area contributed by atoms with E-state index in [2.05, 4.69) is 27.4 Å². The smallest absolute Gasteiger partial charge is 0.231 e. The molecule has 0 fully saturated rings. The maximum Gasteiger partial charge on any atom is 0.231 e. The molecule has 0 unspecified atom stereocenters. The van der Waals surface area contributed by atoms with Crippen LogP contribution >= 0.6 is 11.3 Å². The number of thiophene rings is 1. The van der Waals surface area contributed by atoms with Crippen LogP contribution in [0.2, 0.25) is 0 Å². The van der Waals surface area contributed by atoms with Gasteiger partial charge in [-0.2, -0.15) is 5.10 Å². The van der Waals surface area contributed by atoms with Gasteiger partial charge in [-0.15, -0.1) is 11.3 Å². The molecule has 0 radical (unpaired) electrons.